The number of amides is 1. The first-order chi connectivity index (χ1) is 8.63. The van der Waals surface area contributed by atoms with Gasteiger partial charge in [0.1, 0.15) is 12.4 Å². The SMILES string of the molecule is CCCC(C)C(=O)NCCOc1ccc(C)cc1. The zero-order chi connectivity index (χ0) is 13.4. The van der Waals surface area contributed by atoms with E-state index in [1.807, 2.05) is 38.1 Å². The number of hydrogen-bond donors (Lipinski definition) is 1. The summed E-state index contributed by atoms with van der Waals surface area (Å²) in [6.45, 7) is 7.15. The van der Waals surface area contributed by atoms with Crippen LogP contribution in [-0.2, 0) is 4.79 Å². The highest BCUT2D eigenvalue weighted by atomic mass is 16.5. The second-order valence-electron chi connectivity index (χ2n) is 4.64. The lowest BCUT2D eigenvalue weighted by atomic mass is 10.1. The summed E-state index contributed by atoms with van der Waals surface area (Å²) in [7, 11) is 0. The molecule has 0 heterocycles. The van der Waals surface area contributed by atoms with Crippen LogP contribution in [0.4, 0.5) is 0 Å². The molecule has 0 saturated carbocycles. The van der Waals surface area contributed by atoms with Crippen LogP contribution in [-0.4, -0.2) is 19.1 Å². The van der Waals surface area contributed by atoms with E-state index in [-0.39, 0.29) is 11.8 Å². The van der Waals surface area contributed by atoms with Gasteiger partial charge in [-0.25, -0.2) is 0 Å². The van der Waals surface area contributed by atoms with Crippen LogP contribution in [0.1, 0.15) is 32.3 Å². The zero-order valence-corrected chi connectivity index (χ0v) is 11.5. The average molecular weight is 249 g/mol. The minimum atomic E-state index is 0.0920. The molecule has 0 aliphatic heterocycles. The minimum absolute atomic E-state index is 0.0920. The van der Waals surface area contributed by atoms with Crippen molar-refractivity contribution in [3.05, 3.63) is 29.8 Å². The van der Waals surface area contributed by atoms with E-state index in [9.17, 15) is 4.79 Å². The van der Waals surface area contributed by atoms with Gasteiger partial charge in [0.05, 0.1) is 6.54 Å². The van der Waals surface area contributed by atoms with E-state index in [4.69, 9.17) is 4.74 Å². The molecule has 0 radical (unpaired) electrons. The van der Waals surface area contributed by atoms with Gasteiger partial charge in [-0.15, -0.1) is 0 Å². The van der Waals surface area contributed by atoms with Gasteiger partial charge in [0, 0.05) is 5.92 Å². The fourth-order valence-electron chi connectivity index (χ4n) is 1.72. The third-order valence-corrected chi connectivity index (χ3v) is 2.86. The van der Waals surface area contributed by atoms with Crippen molar-refractivity contribution in [1.29, 1.82) is 0 Å². The molecule has 1 aromatic carbocycles. The Balaban J connectivity index is 2.18. The van der Waals surface area contributed by atoms with Crippen LogP contribution in [0.5, 0.6) is 5.75 Å². The van der Waals surface area contributed by atoms with E-state index in [1.165, 1.54) is 5.56 Å². The van der Waals surface area contributed by atoms with Crippen molar-refractivity contribution in [2.75, 3.05) is 13.2 Å². The normalized spacial score (nSPS) is 11.9. The maximum Gasteiger partial charge on any atom is 0.222 e. The van der Waals surface area contributed by atoms with Gasteiger partial charge in [0.25, 0.3) is 0 Å². The largest absolute Gasteiger partial charge is 0.492 e. The van der Waals surface area contributed by atoms with Gasteiger partial charge in [-0.2, -0.15) is 0 Å². The van der Waals surface area contributed by atoms with Crippen molar-refractivity contribution >= 4 is 5.91 Å². The lowest BCUT2D eigenvalue weighted by Gasteiger charge is -2.11. The third-order valence-electron chi connectivity index (χ3n) is 2.86. The van der Waals surface area contributed by atoms with Gasteiger partial charge in [-0.1, -0.05) is 38.0 Å². The number of hydrogen-bond acceptors (Lipinski definition) is 2. The van der Waals surface area contributed by atoms with Crippen LogP contribution in [0.25, 0.3) is 0 Å². The molecule has 0 aromatic heterocycles. The number of aryl methyl sites for hydroxylation is 1. The third kappa shape index (κ3) is 5.21. The number of ether oxygens (including phenoxy) is 1. The molecule has 0 bridgehead atoms. The summed E-state index contributed by atoms with van der Waals surface area (Å²) in [5.41, 5.74) is 1.21. The first kappa shape index (κ1) is 14.6. The topological polar surface area (TPSA) is 38.3 Å². The molecule has 0 fully saturated rings. The number of rotatable bonds is 7. The molecule has 18 heavy (non-hydrogen) atoms. The van der Waals surface area contributed by atoms with Gasteiger partial charge in [-0.3, -0.25) is 4.79 Å². The van der Waals surface area contributed by atoms with E-state index in [0.717, 1.165) is 18.6 Å². The predicted molar refractivity (Wildman–Crippen MR) is 73.8 cm³/mol. The van der Waals surface area contributed by atoms with Crippen LogP contribution in [0, 0.1) is 12.8 Å². The van der Waals surface area contributed by atoms with Gasteiger partial charge >= 0.3 is 0 Å². The highest BCUT2D eigenvalue weighted by Gasteiger charge is 2.10. The summed E-state index contributed by atoms with van der Waals surface area (Å²) in [4.78, 5) is 11.6. The molecule has 1 rings (SSSR count). The molecular weight excluding hydrogens is 226 g/mol. The molecule has 0 aliphatic carbocycles. The smallest absolute Gasteiger partial charge is 0.222 e. The quantitative estimate of drug-likeness (QED) is 0.755. The van der Waals surface area contributed by atoms with E-state index in [0.29, 0.717) is 13.2 Å². The van der Waals surface area contributed by atoms with E-state index >= 15 is 0 Å². The van der Waals surface area contributed by atoms with Gasteiger partial charge < -0.3 is 10.1 Å². The predicted octanol–water partition coefficient (Wildman–Crippen LogP) is 2.93. The van der Waals surface area contributed by atoms with Crippen LogP contribution >= 0.6 is 0 Å². The molecule has 1 N–H and O–H groups in total. The van der Waals surface area contributed by atoms with Crippen molar-refractivity contribution in [3.8, 4) is 5.75 Å². The standard InChI is InChI=1S/C15H23NO2/c1-4-5-13(3)15(17)16-10-11-18-14-8-6-12(2)7-9-14/h6-9,13H,4-5,10-11H2,1-3H3,(H,16,17). The van der Waals surface area contributed by atoms with Crippen LogP contribution in [0.15, 0.2) is 24.3 Å². The molecule has 1 amide bonds. The Hall–Kier alpha value is -1.51. The monoisotopic (exact) mass is 249 g/mol. The highest BCUT2D eigenvalue weighted by molar-refractivity contribution is 5.78. The Morgan fingerprint density at radius 3 is 2.61 bits per heavy atom. The average Bonchev–Trinajstić information content (AvgIpc) is 2.36. The minimum Gasteiger partial charge on any atom is -0.492 e. The van der Waals surface area contributed by atoms with Crippen molar-refractivity contribution in [1.82, 2.24) is 5.32 Å². The number of benzene rings is 1. The van der Waals surface area contributed by atoms with E-state index in [2.05, 4.69) is 12.2 Å². The summed E-state index contributed by atoms with van der Waals surface area (Å²) in [5, 5.41) is 2.88. The molecule has 1 atom stereocenters. The number of nitrogens with one attached hydrogen (secondary N) is 1. The Labute approximate surface area is 110 Å². The van der Waals surface area contributed by atoms with Crippen molar-refractivity contribution in [2.45, 2.75) is 33.6 Å². The molecule has 3 heteroatoms. The first-order valence-corrected chi connectivity index (χ1v) is 6.60. The summed E-state index contributed by atoms with van der Waals surface area (Å²) < 4.78 is 5.54. The molecule has 1 unspecified atom stereocenters. The summed E-state index contributed by atoms with van der Waals surface area (Å²) in [6, 6.07) is 7.90. The Kier molecular flexibility index (Phi) is 6.26. The molecule has 3 nitrogen and oxygen atoms in total. The number of carbonyl (C=O) groups excluding carboxylic acids is 1. The Bertz CT molecular complexity index is 359. The van der Waals surface area contributed by atoms with Gasteiger partial charge in [0.15, 0.2) is 0 Å². The fourth-order valence-corrected chi connectivity index (χ4v) is 1.72. The van der Waals surface area contributed by atoms with Crippen LogP contribution < -0.4 is 10.1 Å². The number of carbonyl (C=O) groups is 1. The molecule has 100 valence electrons. The van der Waals surface area contributed by atoms with Crippen LogP contribution in [0.2, 0.25) is 0 Å². The van der Waals surface area contributed by atoms with E-state index < -0.39 is 0 Å². The van der Waals surface area contributed by atoms with Crippen molar-refractivity contribution in [2.24, 2.45) is 5.92 Å². The summed E-state index contributed by atoms with van der Waals surface area (Å²) in [5.74, 6) is 1.05. The molecular formula is C15H23NO2. The van der Waals surface area contributed by atoms with Crippen LogP contribution in [0.3, 0.4) is 0 Å². The highest BCUT2D eigenvalue weighted by Crippen LogP contribution is 2.10. The van der Waals surface area contributed by atoms with Gasteiger partial charge in [-0.05, 0) is 25.5 Å². The van der Waals surface area contributed by atoms with Crippen molar-refractivity contribution < 1.29 is 9.53 Å². The Morgan fingerprint density at radius 2 is 2.00 bits per heavy atom. The molecule has 0 spiro atoms. The van der Waals surface area contributed by atoms with Crippen molar-refractivity contribution in [3.63, 3.8) is 0 Å². The summed E-state index contributed by atoms with van der Waals surface area (Å²) in [6.07, 6.45) is 1.97. The zero-order valence-electron chi connectivity index (χ0n) is 11.5. The first-order valence-electron chi connectivity index (χ1n) is 6.60. The lowest BCUT2D eigenvalue weighted by molar-refractivity contribution is -0.124. The lowest BCUT2D eigenvalue weighted by Crippen LogP contribution is -2.32. The molecule has 0 aliphatic rings. The maximum atomic E-state index is 11.6. The van der Waals surface area contributed by atoms with E-state index in [1.54, 1.807) is 0 Å². The second-order valence-corrected chi connectivity index (χ2v) is 4.64. The Morgan fingerprint density at radius 1 is 1.33 bits per heavy atom. The second kappa shape index (κ2) is 7.75. The fraction of sp³-hybridized carbons (Fsp3) is 0.533. The summed E-state index contributed by atoms with van der Waals surface area (Å²) >= 11 is 0. The van der Waals surface area contributed by atoms with Gasteiger partial charge in [0.2, 0.25) is 5.91 Å². The maximum absolute atomic E-state index is 11.6. The molecule has 1 aromatic rings. The molecule has 0 saturated heterocycles.